The highest BCUT2D eigenvalue weighted by Crippen LogP contribution is 2.24. The average molecular weight is 327 g/mol. The molecule has 1 heterocycles. The summed E-state index contributed by atoms with van der Waals surface area (Å²) in [6.07, 6.45) is 24.8. The molecule has 1 rings (SSSR count). The van der Waals surface area contributed by atoms with Gasteiger partial charge in [-0.25, -0.2) is 0 Å². The molecule has 0 saturated carbocycles. The van der Waals surface area contributed by atoms with Crippen LogP contribution in [0.3, 0.4) is 0 Å². The van der Waals surface area contributed by atoms with Gasteiger partial charge in [0.2, 0.25) is 0 Å². The fraction of sp³-hybridized carbons (Fsp3) is 1.00. The Balaban J connectivity index is 1.61. The van der Waals surface area contributed by atoms with Crippen LogP contribution in [0.1, 0.15) is 122 Å². The van der Waals surface area contributed by atoms with Crippen molar-refractivity contribution in [2.75, 3.05) is 0 Å². The van der Waals surface area contributed by atoms with Crippen molar-refractivity contribution in [3.63, 3.8) is 0 Å². The Morgan fingerprint density at radius 1 is 0.565 bits per heavy atom. The predicted octanol–water partition coefficient (Wildman–Crippen LogP) is 6.75. The Labute approximate surface area is 145 Å². The largest absolute Gasteiger partial charge is 0.366 e. The van der Waals surface area contributed by atoms with Crippen LogP contribution in [0.2, 0.25) is 0 Å². The minimum atomic E-state index is -0.434. The van der Waals surface area contributed by atoms with E-state index in [-0.39, 0.29) is 6.10 Å². The Bertz CT molecular complexity index is 242. The molecule has 1 fully saturated rings. The lowest BCUT2D eigenvalue weighted by Crippen LogP contribution is -1.91. The van der Waals surface area contributed by atoms with Gasteiger partial charge >= 0.3 is 0 Å². The molecule has 1 saturated heterocycles. The molecule has 0 aromatic heterocycles. The Hall–Kier alpha value is -0.0800. The first-order chi connectivity index (χ1) is 11.3. The molecule has 2 atom stereocenters. The van der Waals surface area contributed by atoms with E-state index in [9.17, 15) is 0 Å². The van der Waals surface area contributed by atoms with Gasteiger partial charge in [0.05, 0.1) is 0 Å². The lowest BCUT2D eigenvalue weighted by Gasteiger charge is -2.03. The zero-order chi connectivity index (χ0) is 16.6. The van der Waals surface area contributed by atoms with Crippen LogP contribution in [-0.2, 0) is 4.74 Å². The summed E-state index contributed by atoms with van der Waals surface area (Å²) < 4.78 is 5.00. The first-order valence-electron chi connectivity index (χ1n) is 10.7. The van der Waals surface area contributed by atoms with Crippen LogP contribution in [0.4, 0.5) is 0 Å². The maximum absolute atomic E-state index is 9.04. The molecule has 0 aliphatic carbocycles. The van der Waals surface area contributed by atoms with E-state index >= 15 is 0 Å². The van der Waals surface area contributed by atoms with Crippen LogP contribution in [0, 0.1) is 0 Å². The van der Waals surface area contributed by atoms with E-state index in [1.165, 1.54) is 109 Å². The molecular formula is C21H42O2. The number of epoxide rings is 1. The molecule has 23 heavy (non-hydrogen) atoms. The third kappa shape index (κ3) is 14.0. The summed E-state index contributed by atoms with van der Waals surface area (Å²) in [7, 11) is 0. The van der Waals surface area contributed by atoms with Gasteiger partial charge in [-0.05, 0) is 6.42 Å². The number of hydrogen-bond donors (Lipinski definition) is 1. The highest BCUT2D eigenvalue weighted by atomic mass is 16.7. The van der Waals surface area contributed by atoms with Crippen molar-refractivity contribution >= 4 is 0 Å². The number of unbranched alkanes of at least 4 members (excludes halogenated alkanes) is 16. The molecule has 2 heteroatoms. The molecule has 0 aromatic rings. The first-order valence-corrected chi connectivity index (χ1v) is 10.7. The van der Waals surface area contributed by atoms with E-state index < -0.39 is 6.29 Å². The highest BCUT2D eigenvalue weighted by molar-refractivity contribution is 4.74. The zero-order valence-electron chi connectivity index (χ0n) is 15.7. The monoisotopic (exact) mass is 326 g/mol. The van der Waals surface area contributed by atoms with Crippen molar-refractivity contribution in [3.8, 4) is 0 Å². The van der Waals surface area contributed by atoms with E-state index in [2.05, 4.69) is 6.92 Å². The third-order valence-corrected chi connectivity index (χ3v) is 5.15. The minimum absolute atomic E-state index is 0.173. The molecule has 0 spiro atoms. The van der Waals surface area contributed by atoms with Crippen LogP contribution in [0.25, 0.3) is 0 Å². The Morgan fingerprint density at radius 2 is 0.870 bits per heavy atom. The number of ether oxygens (including phenoxy) is 1. The van der Waals surface area contributed by atoms with Gasteiger partial charge in [0, 0.05) is 0 Å². The molecule has 0 amide bonds. The van der Waals surface area contributed by atoms with Gasteiger partial charge in [-0.2, -0.15) is 0 Å². The van der Waals surface area contributed by atoms with Gasteiger partial charge in [-0.15, -0.1) is 0 Å². The van der Waals surface area contributed by atoms with Crippen molar-refractivity contribution in [1.82, 2.24) is 0 Å². The van der Waals surface area contributed by atoms with Gasteiger partial charge in [0.25, 0.3) is 0 Å². The SMILES string of the molecule is CCCCCCCCCCCCCCCCCCCC1OC1O. The summed E-state index contributed by atoms with van der Waals surface area (Å²) in [5.74, 6) is 0. The molecule has 0 aromatic carbocycles. The first kappa shape index (κ1) is 21.0. The third-order valence-electron chi connectivity index (χ3n) is 5.15. The number of aliphatic hydroxyl groups excluding tert-OH is 1. The zero-order valence-corrected chi connectivity index (χ0v) is 15.7. The van der Waals surface area contributed by atoms with Crippen molar-refractivity contribution in [3.05, 3.63) is 0 Å². The van der Waals surface area contributed by atoms with Gasteiger partial charge in [0.15, 0.2) is 6.29 Å². The van der Waals surface area contributed by atoms with Crippen molar-refractivity contribution in [2.45, 2.75) is 135 Å². The van der Waals surface area contributed by atoms with E-state index in [0.29, 0.717) is 0 Å². The fourth-order valence-electron chi connectivity index (χ4n) is 3.41. The Kier molecular flexibility index (Phi) is 14.1. The molecule has 1 aliphatic heterocycles. The summed E-state index contributed by atoms with van der Waals surface area (Å²) in [6, 6.07) is 0. The lowest BCUT2D eigenvalue weighted by molar-refractivity contribution is 0.156. The van der Waals surface area contributed by atoms with Crippen LogP contribution >= 0.6 is 0 Å². The second-order valence-electron chi connectivity index (χ2n) is 7.51. The van der Waals surface area contributed by atoms with Crippen LogP contribution in [0.5, 0.6) is 0 Å². The van der Waals surface area contributed by atoms with Gasteiger partial charge in [-0.3, -0.25) is 0 Å². The maximum atomic E-state index is 9.04. The van der Waals surface area contributed by atoms with E-state index in [1.807, 2.05) is 0 Å². The lowest BCUT2D eigenvalue weighted by atomic mass is 10.0. The molecule has 0 bridgehead atoms. The normalized spacial score (nSPS) is 20.1. The van der Waals surface area contributed by atoms with Crippen LogP contribution < -0.4 is 0 Å². The fourth-order valence-corrected chi connectivity index (χ4v) is 3.41. The number of rotatable bonds is 18. The second-order valence-corrected chi connectivity index (χ2v) is 7.51. The molecule has 2 nitrogen and oxygen atoms in total. The van der Waals surface area contributed by atoms with E-state index in [1.54, 1.807) is 0 Å². The maximum Gasteiger partial charge on any atom is 0.181 e. The summed E-state index contributed by atoms with van der Waals surface area (Å²) in [6.45, 7) is 2.29. The molecular weight excluding hydrogens is 284 g/mol. The quantitative estimate of drug-likeness (QED) is 0.223. The summed E-state index contributed by atoms with van der Waals surface area (Å²) in [5.41, 5.74) is 0. The summed E-state index contributed by atoms with van der Waals surface area (Å²) >= 11 is 0. The van der Waals surface area contributed by atoms with Crippen molar-refractivity contribution in [2.24, 2.45) is 0 Å². The molecule has 1 aliphatic rings. The van der Waals surface area contributed by atoms with E-state index in [4.69, 9.17) is 9.84 Å². The minimum Gasteiger partial charge on any atom is -0.366 e. The molecule has 2 unspecified atom stereocenters. The van der Waals surface area contributed by atoms with Crippen molar-refractivity contribution < 1.29 is 9.84 Å². The average Bonchev–Trinajstić information content (AvgIpc) is 3.26. The molecule has 1 N–H and O–H groups in total. The van der Waals surface area contributed by atoms with Gasteiger partial charge < -0.3 is 9.84 Å². The Morgan fingerprint density at radius 3 is 1.17 bits per heavy atom. The second kappa shape index (κ2) is 15.4. The smallest absolute Gasteiger partial charge is 0.181 e. The van der Waals surface area contributed by atoms with Gasteiger partial charge in [-0.1, -0.05) is 116 Å². The number of hydrogen-bond acceptors (Lipinski definition) is 2. The van der Waals surface area contributed by atoms with Crippen molar-refractivity contribution in [1.29, 1.82) is 0 Å². The van der Waals surface area contributed by atoms with E-state index in [0.717, 1.165) is 6.42 Å². The molecule has 0 radical (unpaired) electrons. The molecule has 138 valence electrons. The standard InChI is InChI=1S/C21H42O2/c1-2-3-4-5-6-7-8-9-10-11-12-13-14-15-16-17-18-19-20-21(22)23-20/h20-22H,2-19H2,1H3. The van der Waals surface area contributed by atoms with Crippen LogP contribution in [0.15, 0.2) is 0 Å². The summed E-state index contributed by atoms with van der Waals surface area (Å²) in [5, 5.41) is 9.04. The van der Waals surface area contributed by atoms with Crippen LogP contribution in [-0.4, -0.2) is 17.5 Å². The highest BCUT2D eigenvalue weighted by Gasteiger charge is 2.35. The van der Waals surface area contributed by atoms with Gasteiger partial charge in [0.1, 0.15) is 6.10 Å². The number of aliphatic hydroxyl groups is 1. The summed E-state index contributed by atoms with van der Waals surface area (Å²) in [4.78, 5) is 0. The predicted molar refractivity (Wildman–Crippen MR) is 99.7 cm³/mol. The topological polar surface area (TPSA) is 32.8 Å².